The molecule has 3 rings (SSSR count). The number of nitrogens with zero attached hydrogens (tertiary/aromatic N) is 2. The van der Waals surface area contributed by atoms with Crippen LogP contribution in [0.5, 0.6) is 11.5 Å². The molecular formula is C19H14BrN3O6. The minimum absolute atomic E-state index is 0.0968. The number of carbonyl (C=O) groups excluding carboxylic acids is 2. The minimum Gasteiger partial charge on any atom is -0.505 e. The van der Waals surface area contributed by atoms with E-state index in [2.05, 4.69) is 31.1 Å². The third kappa shape index (κ3) is 4.11. The van der Waals surface area contributed by atoms with E-state index in [9.17, 15) is 24.6 Å². The highest BCUT2D eigenvalue weighted by Gasteiger charge is 2.20. The van der Waals surface area contributed by atoms with Gasteiger partial charge >= 0.3 is 5.97 Å². The van der Waals surface area contributed by atoms with Crippen molar-refractivity contribution >= 4 is 33.5 Å². The Bertz CT molecular complexity index is 1160. The van der Waals surface area contributed by atoms with Gasteiger partial charge in [0.05, 0.1) is 18.5 Å². The molecule has 0 bridgehead atoms. The Morgan fingerprint density at radius 3 is 2.48 bits per heavy atom. The quantitative estimate of drug-likeness (QED) is 0.403. The molecule has 9 nitrogen and oxygen atoms in total. The predicted molar refractivity (Wildman–Crippen MR) is 107 cm³/mol. The number of aromatic nitrogens is 2. The number of phenolic OH excluding ortho intramolecular Hbond substituents is 1. The monoisotopic (exact) mass is 459 g/mol. The van der Waals surface area contributed by atoms with E-state index in [1.807, 2.05) is 0 Å². The second kappa shape index (κ2) is 8.15. The first kappa shape index (κ1) is 20.1. The number of halogens is 1. The number of methoxy groups -OCH3 is 1. The molecule has 0 fully saturated rings. The summed E-state index contributed by atoms with van der Waals surface area (Å²) in [5.74, 6) is -2.83. The smallest absolute Gasteiger partial charge is 0.341 e. The molecule has 0 unspecified atom stereocenters. The Kier molecular flexibility index (Phi) is 5.64. The number of hydrogen-bond acceptors (Lipinski definition) is 7. The minimum atomic E-state index is -0.898. The lowest BCUT2D eigenvalue weighted by atomic mass is 10.1. The number of phenols is 1. The molecule has 29 heavy (non-hydrogen) atoms. The molecule has 3 N–H and O–H groups in total. The second-order valence-electron chi connectivity index (χ2n) is 5.75. The lowest BCUT2D eigenvalue weighted by Gasteiger charge is -2.11. The zero-order valence-corrected chi connectivity index (χ0v) is 16.5. The third-order valence-corrected chi connectivity index (χ3v) is 4.42. The molecule has 1 amide bonds. The Hall–Kier alpha value is -3.66. The predicted octanol–water partition coefficient (Wildman–Crippen LogP) is 2.45. The van der Waals surface area contributed by atoms with Crippen molar-refractivity contribution in [3.63, 3.8) is 0 Å². The molecule has 0 aliphatic heterocycles. The molecule has 1 heterocycles. The van der Waals surface area contributed by atoms with Gasteiger partial charge in [-0.05, 0) is 36.4 Å². The van der Waals surface area contributed by atoms with Gasteiger partial charge in [0.2, 0.25) is 0 Å². The Balaban J connectivity index is 1.98. The fraction of sp³-hybridized carbons (Fsp3) is 0.0526. The number of carbonyl (C=O) groups is 2. The van der Waals surface area contributed by atoms with Crippen LogP contribution in [0.15, 0.2) is 57.8 Å². The summed E-state index contributed by atoms with van der Waals surface area (Å²) in [7, 11) is 1.15. The largest absolute Gasteiger partial charge is 0.505 e. The lowest BCUT2D eigenvalue weighted by molar-refractivity contribution is 0.0597. The summed E-state index contributed by atoms with van der Waals surface area (Å²) in [6.07, 6.45) is 0. The maximum Gasteiger partial charge on any atom is 0.341 e. The number of aromatic hydroxyl groups is 2. The number of hydrogen-bond donors (Lipinski definition) is 3. The van der Waals surface area contributed by atoms with Crippen molar-refractivity contribution in [3.05, 3.63) is 74.6 Å². The number of amides is 1. The third-order valence-electron chi connectivity index (χ3n) is 3.89. The summed E-state index contributed by atoms with van der Waals surface area (Å²) in [4.78, 5) is 36.4. The van der Waals surface area contributed by atoms with Crippen molar-refractivity contribution < 1.29 is 24.5 Å². The van der Waals surface area contributed by atoms with Crippen molar-refractivity contribution in [1.82, 2.24) is 9.78 Å². The summed E-state index contributed by atoms with van der Waals surface area (Å²) in [6, 6.07) is 11.5. The summed E-state index contributed by atoms with van der Waals surface area (Å²) >= 11 is 3.28. The highest BCUT2D eigenvalue weighted by molar-refractivity contribution is 9.10. The van der Waals surface area contributed by atoms with Crippen molar-refractivity contribution in [3.8, 4) is 17.2 Å². The number of benzene rings is 2. The Labute approximate surface area is 172 Å². The van der Waals surface area contributed by atoms with E-state index >= 15 is 0 Å². The number of anilines is 1. The number of para-hydroxylation sites is 1. The summed E-state index contributed by atoms with van der Waals surface area (Å²) < 4.78 is 6.30. The van der Waals surface area contributed by atoms with Crippen LogP contribution in [0.25, 0.3) is 5.69 Å². The Morgan fingerprint density at radius 2 is 1.83 bits per heavy atom. The van der Waals surface area contributed by atoms with E-state index in [-0.39, 0.29) is 11.3 Å². The maximum absolute atomic E-state index is 12.6. The van der Waals surface area contributed by atoms with Crippen molar-refractivity contribution in [2.45, 2.75) is 0 Å². The van der Waals surface area contributed by atoms with Crippen LogP contribution in [0, 0.1) is 0 Å². The molecule has 0 atom stereocenters. The molecule has 0 radical (unpaired) electrons. The van der Waals surface area contributed by atoms with Gasteiger partial charge in [0, 0.05) is 10.5 Å². The van der Waals surface area contributed by atoms with E-state index < -0.39 is 34.6 Å². The molecule has 0 aliphatic carbocycles. The maximum atomic E-state index is 12.6. The van der Waals surface area contributed by atoms with E-state index in [1.165, 1.54) is 18.2 Å². The zero-order chi connectivity index (χ0) is 21.1. The van der Waals surface area contributed by atoms with Crippen molar-refractivity contribution in [2.24, 2.45) is 0 Å². The molecule has 2 aromatic carbocycles. The Morgan fingerprint density at radius 1 is 1.14 bits per heavy atom. The number of ether oxygens (including phenoxy) is 1. The van der Waals surface area contributed by atoms with E-state index in [0.717, 1.165) is 22.3 Å². The SMILES string of the molecule is COC(=O)c1cccc(NC(=O)c2nn(-c3ccc(Br)cc3)c(=O)cc2O)c1O. The summed E-state index contributed by atoms with van der Waals surface area (Å²) in [5, 5.41) is 26.5. The first-order chi connectivity index (χ1) is 13.8. The molecule has 148 valence electrons. The van der Waals surface area contributed by atoms with Crippen LogP contribution in [0.3, 0.4) is 0 Å². The van der Waals surface area contributed by atoms with E-state index in [4.69, 9.17) is 0 Å². The molecule has 0 saturated heterocycles. The molecule has 10 heteroatoms. The number of rotatable bonds is 4. The van der Waals surface area contributed by atoms with Crippen LogP contribution in [0.1, 0.15) is 20.8 Å². The van der Waals surface area contributed by atoms with Crippen LogP contribution in [-0.4, -0.2) is 39.0 Å². The molecule has 0 aliphatic rings. The van der Waals surface area contributed by atoms with Crippen LogP contribution < -0.4 is 10.9 Å². The lowest BCUT2D eigenvalue weighted by Crippen LogP contribution is -2.25. The van der Waals surface area contributed by atoms with Crippen LogP contribution >= 0.6 is 15.9 Å². The number of esters is 1. The topological polar surface area (TPSA) is 131 Å². The van der Waals surface area contributed by atoms with Crippen LogP contribution in [-0.2, 0) is 4.74 Å². The van der Waals surface area contributed by atoms with Crippen LogP contribution in [0.2, 0.25) is 0 Å². The first-order valence-corrected chi connectivity index (χ1v) is 8.92. The molecule has 0 spiro atoms. The van der Waals surface area contributed by atoms with Gasteiger partial charge in [-0.25, -0.2) is 4.79 Å². The van der Waals surface area contributed by atoms with Crippen LogP contribution in [0.4, 0.5) is 5.69 Å². The van der Waals surface area contributed by atoms with Gasteiger partial charge in [-0.1, -0.05) is 22.0 Å². The summed E-state index contributed by atoms with van der Waals surface area (Å²) in [6.45, 7) is 0. The highest BCUT2D eigenvalue weighted by Crippen LogP contribution is 2.28. The summed E-state index contributed by atoms with van der Waals surface area (Å²) in [5.41, 5.74) is -0.960. The van der Waals surface area contributed by atoms with Gasteiger partial charge in [0.25, 0.3) is 11.5 Å². The highest BCUT2D eigenvalue weighted by atomic mass is 79.9. The molecule has 3 aromatic rings. The first-order valence-electron chi connectivity index (χ1n) is 8.12. The fourth-order valence-corrected chi connectivity index (χ4v) is 2.74. The average Bonchev–Trinajstić information content (AvgIpc) is 2.70. The average molecular weight is 460 g/mol. The van der Waals surface area contributed by atoms with Gasteiger partial charge in [-0.15, -0.1) is 0 Å². The molecular weight excluding hydrogens is 446 g/mol. The second-order valence-corrected chi connectivity index (χ2v) is 6.67. The van der Waals surface area contributed by atoms with Crippen molar-refractivity contribution in [1.29, 1.82) is 0 Å². The van der Waals surface area contributed by atoms with Gasteiger partial charge in [0.1, 0.15) is 5.56 Å². The van der Waals surface area contributed by atoms with E-state index in [0.29, 0.717) is 5.69 Å². The van der Waals surface area contributed by atoms with Gasteiger partial charge < -0.3 is 20.3 Å². The van der Waals surface area contributed by atoms with Gasteiger partial charge in [0.15, 0.2) is 17.2 Å². The number of nitrogens with one attached hydrogen (secondary N) is 1. The molecule has 0 saturated carbocycles. The fourth-order valence-electron chi connectivity index (χ4n) is 2.48. The van der Waals surface area contributed by atoms with Gasteiger partial charge in [-0.2, -0.15) is 9.78 Å². The normalized spacial score (nSPS) is 10.4. The van der Waals surface area contributed by atoms with Gasteiger partial charge in [-0.3, -0.25) is 9.59 Å². The zero-order valence-electron chi connectivity index (χ0n) is 14.9. The standard InChI is InChI=1S/C19H14BrN3O6/c1-29-19(28)12-3-2-4-13(17(12)26)21-18(27)16-14(24)9-15(25)23(22-16)11-7-5-10(20)6-8-11/h2-9,24,26H,1H3,(H,21,27). The van der Waals surface area contributed by atoms with E-state index in [1.54, 1.807) is 24.3 Å². The van der Waals surface area contributed by atoms with Crippen molar-refractivity contribution in [2.75, 3.05) is 12.4 Å². The molecule has 1 aromatic heterocycles.